The molecule has 2 N–H and O–H groups in total. The molecule has 0 saturated carbocycles. The first-order valence-electron chi connectivity index (χ1n) is 7.54. The van der Waals surface area contributed by atoms with Crippen LogP contribution in [0, 0.1) is 13.8 Å². The molecule has 0 bridgehead atoms. The summed E-state index contributed by atoms with van der Waals surface area (Å²) in [6.07, 6.45) is 3.76. The molecule has 1 aromatic carbocycles. The zero-order chi connectivity index (χ0) is 15.7. The number of ether oxygens (including phenoxy) is 1. The fourth-order valence-corrected chi connectivity index (χ4v) is 3.14. The van der Waals surface area contributed by atoms with E-state index in [9.17, 15) is 9.90 Å². The van der Waals surface area contributed by atoms with Crippen LogP contribution >= 0.6 is 0 Å². The second-order valence-corrected chi connectivity index (χ2v) is 5.80. The van der Waals surface area contributed by atoms with Crippen molar-refractivity contribution >= 4 is 5.97 Å². The second kappa shape index (κ2) is 5.93. The van der Waals surface area contributed by atoms with Crippen LogP contribution in [0.2, 0.25) is 0 Å². The van der Waals surface area contributed by atoms with Crippen molar-refractivity contribution in [2.45, 2.75) is 32.6 Å². The van der Waals surface area contributed by atoms with E-state index < -0.39 is 5.97 Å². The summed E-state index contributed by atoms with van der Waals surface area (Å²) >= 11 is 0. The smallest absolute Gasteiger partial charge is 0.335 e. The number of aromatic carboxylic acids is 1. The van der Waals surface area contributed by atoms with Gasteiger partial charge in [0.15, 0.2) is 0 Å². The van der Waals surface area contributed by atoms with Crippen molar-refractivity contribution in [3.63, 3.8) is 0 Å². The predicted molar refractivity (Wildman–Crippen MR) is 83.3 cm³/mol. The molecule has 3 rings (SSSR count). The highest BCUT2D eigenvalue weighted by Gasteiger charge is 2.21. The first kappa shape index (κ1) is 14.8. The van der Waals surface area contributed by atoms with Crippen LogP contribution < -0.4 is 0 Å². The van der Waals surface area contributed by atoms with Crippen molar-refractivity contribution in [3.8, 4) is 11.3 Å². The van der Waals surface area contributed by atoms with E-state index in [4.69, 9.17) is 4.74 Å². The van der Waals surface area contributed by atoms with E-state index in [-0.39, 0.29) is 0 Å². The molecule has 1 fully saturated rings. The minimum absolute atomic E-state index is 0.336. The van der Waals surface area contributed by atoms with Gasteiger partial charge in [0, 0.05) is 24.7 Å². The van der Waals surface area contributed by atoms with Gasteiger partial charge in [0.25, 0.3) is 0 Å². The fraction of sp³-hybridized carbons (Fsp3) is 0.412. The van der Waals surface area contributed by atoms with Gasteiger partial charge in [-0.2, -0.15) is 0 Å². The lowest BCUT2D eigenvalue weighted by molar-refractivity contribution is 0.0696. The maximum absolute atomic E-state index is 11.3. The summed E-state index contributed by atoms with van der Waals surface area (Å²) in [6, 6.07) is 3.51. The number of carboxylic acids is 1. The number of aryl methyl sites for hydroxylation is 1. The van der Waals surface area contributed by atoms with Crippen LogP contribution in [0.3, 0.4) is 0 Å². The number of rotatable bonds is 3. The molecule has 22 heavy (non-hydrogen) atoms. The van der Waals surface area contributed by atoms with Crippen molar-refractivity contribution in [2.24, 2.45) is 0 Å². The first-order chi connectivity index (χ1) is 10.6. The molecule has 0 radical (unpaired) electrons. The van der Waals surface area contributed by atoms with Gasteiger partial charge in [-0.05, 0) is 43.9 Å². The van der Waals surface area contributed by atoms with Gasteiger partial charge in [-0.15, -0.1) is 0 Å². The summed E-state index contributed by atoms with van der Waals surface area (Å²) in [7, 11) is 0. The van der Waals surface area contributed by atoms with Crippen LogP contribution in [0.4, 0.5) is 0 Å². The van der Waals surface area contributed by atoms with Crippen molar-refractivity contribution in [1.82, 2.24) is 9.97 Å². The number of carbonyl (C=O) groups is 1. The Hall–Kier alpha value is -2.14. The van der Waals surface area contributed by atoms with Crippen molar-refractivity contribution in [2.75, 3.05) is 13.2 Å². The second-order valence-electron chi connectivity index (χ2n) is 5.80. The number of benzene rings is 1. The Kier molecular flexibility index (Phi) is 3.98. The van der Waals surface area contributed by atoms with Crippen molar-refractivity contribution in [1.29, 1.82) is 0 Å². The average molecular weight is 300 g/mol. The molecule has 0 spiro atoms. The maximum Gasteiger partial charge on any atom is 0.335 e. The molecule has 0 unspecified atom stereocenters. The normalized spacial score (nSPS) is 15.9. The SMILES string of the molecule is Cc1ccc(C(=O)O)c(C)c1-c1cnc(C2CCOCC2)[nH]1. The lowest BCUT2D eigenvalue weighted by Crippen LogP contribution is -2.15. The quantitative estimate of drug-likeness (QED) is 0.912. The number of hydrogen-bond donors (Lipinski definition) is 2. The van der Waals surface area contributed by atoms with Crippen LogP contribution in [-0.2, 0) is 4.74 Å². The zero-order valence-corrected chi connectivity index (χ0v) is 12.8. The largest absolute Gasteiger partial charge is 0.478 e. The number of aromatic amines is 1. The van der Waals surface area contributed by atoms with Crippen LogP contribution in [0.25, 0.3) is 11.3 Å². The molecule has 2 aromatic rings. The van der Waals surface area contributed by atoms with Gasteiger partial charge in [-0.1, -0.05) is 6.07 Å². The molecule has 0 atom stereocenters. The van der Waals surface area contributed by atoms with E-state index in [0.29, 0.717) is 11.5 Å². The van der Waals surface area contributed by atoms with Crippen LogP contribution in [0.5, 0.6) is 0 Å². The zero-order valence-electron chi connectivity index (χ0n) is 12.8. The molecule has 2 heterocycles. The summed E-state index contributed by atoms with van der Waals surface area (Å²) in [5, 5.41) is 9.30. The number of nitrogens with one attached hydrogen (secondary N) is 1. The van der Waals surface area contributed by atoms with Crippen LogP contribution in [0.15, 0.2) is 18.3 Å². The summed E-state index contributed by atoms with van der Waals surface area (Å²) in [5.74, 6) is 0.464. The number of imidazole rings is 1. The van der Waals surface area contributed by atoms with Crippen LogP contribution in [0.1, 0.15) is 46.1 Å². The van der Waals surface area contributed by atoms with Gasteiger partial charge >= 0.3 is 5.97 Å². The third-order valence-corrected chi connectivity index (χ3v) is 4.38. The third-order valence-electron chi connectivity index (χ3n) is 4.38. The Morgan fingerprint density at radius 1 is 1.32 bits per heavy atom. The third kappa shape index (κ3) is 2.64. The number of H-pyrrole nitrogens is 1. The Bertz CT molecular complexity index is 700. The molecule has 1 aliphatic rings. The van der Waals surface area contributed by atoms with Crippen molar-refractivity contribution in [3.05, 3.63) is 40.8 Å². The summed E-state index contributed by atoms with van der Waals surface area (Å²) in [5.41, 5.74) is 3.98. The highest BCUT2D eigenvalue weighted by atomic mass is 16.5. The molecule has 1 aromatic heterocycles. The Labute approximate surface area is 129 Å². The number of carboxylic acid groups (broad SMARTS) is 1. The lowest BCUT2D eigenvalue weighted by Gasteiger charge is -2.20. The van der Waals surface area contributed by atoms with Gasteiger partial charge in [0.05, 0.1) is 17.5 Å². The van der Waals surface area contributed by atoms with E-state index in [0.717, 1.165) is 54.3 Å². The molecular formula is C17H20N2O3. The Balaban J connectivity index is 1.99. The molecule has 0 aliphatic carbocycles. The molecule has 5 heteroatoms. The van der Waals surface area contributed by atoms with Gasteiger partial charge in [-0.25, -0.2) is 9.78 Å². The minimum Gasteiger partial charge on any atom is -0.478 e. The van der Waals surface area contributed by atoms with Gasteiger partial charge in [0.2, 0.25) is 0 Å². The monoisotopic (exact) mass is 300 g/mol. The van der Waals surface area contributed by atoms with Gasteiger partial charge < -0.3 is 14.8 Å². The van der Waals surface area contributed by atoms with Gasteiger partial charge in [-0.3, -0.25) is 0 Å². The number of aromatic nitrogens is 2. The molecule has 1 saturated heterocycles. The minimum atomic E-state index is -0.900. The fourth-order valence-electron chi connectivity index (χ4n) is 3.14. The summed E-state index contributed by atoms with van der Waals surface area (Å²) < 4.78 is 5.39. The highest BCUT2D eigenvalue weighted by Crippen LogP contribution is 2.31. The molecule has 0 amide bonds. The first-order valence-corrected chi connectivity index (χ1v) is 7.54. The molecule has 116 valence electrons. The standard InChI is InChI=1S/C17H20N2O3/c1-10-3-4-13(17(20)21)11(2)15(10)14-9-18-16(19-14)12-5-7-22-8-6-12/h3-4,9,12H,5-8H2,1-2H3,(H,18,19)(H,20,21). The predicted octanol–water partition coefficient (Wildman–Crippen LogP) is 3.29. The maximum atomic E-state index is 11.3. The topological polar surface area (TPSA) is 75.2 Å². The van der Waals surface area contributed by atoms with E-state index in [1.807, 2.05) is 26.1 Å². The van der Waals surface area contributed by atoms with E-state index >= 15 is 0 Å². The van der Waals surface area contributed by atoms with E-state index in [1.165, 1.54) is 0 Å². The van der Waals surface area contributed by atoms with Crippen molar-refractivity contribution < 1.29 is 14.6 Å². The van der Waals surface area contributed by atoms with Crippen LogP contribution in [-0.4, -0.2) is 34.3 Å². The average Bonchev–Trinajstić information content (AvgIpc) is 2.97. The Morgan fingerprint density at radius 2 is 2.05 bits per heavy atom. The lowest BCUT2D eigenvalue weighted by atomic mass is 9.95. The van der Waals surface area contributed by atoms with E-state index in [2.05, 4.69) is 9.97 Å². The molecular weight excluding hydrogens is 280 g/mol. The summed E-state index contributed by atoms with van der Waals surface area (Å²) in [6.45, 7) is 5.38. The summed E-state index contributed by atoms with van der Waals surface area (Å²) in [4.78, 5) is 19.2. The molecule has 5 nitrogen and oxygen atoms in total. The number of nitrogens with zero attached hydrogens (tertiary/aromatic N) is 1. The molecule has 1 aliphatic heterocycles. The number of hydrogen-bond acceptors (Lipinski definition) is 3. The highest BCUT2D eigenvalue weighted by molar-refractivity contribution is 5.92. The van der Waals surface area contributed by atoms with Gasteiger partial charge in [0.1, 0.15) is 5.82 Å². The Morgan fingerprint density at radius 3 is 2.73 bits per heavy atom. The van der Waals surface area contributed by atoms with E-state index in [1.54, 1.807) is 6.07 Å².